The first-order valence-electron chi connectivity index (χ1n) is 5.24. The predicted molar refractivity (Wildman–Crippen MR) is 66.7 cm³/mol. The van der Waals surface area contributed by atoms with E-state index < -0.39 is 16.0 Å². The molecule has 19 heavy (non-hydrogen) atoms. The molecule has 0 atom stereocenters. The van der Waals surface area contributed by atoms with Gasteiger partial charge in [-0.1, -0.05) is 12.1 Å². The van der Waals surface area contributed by atoms with E-state index in [2.05, 4.69) is 10.1 Å². The van der Waals surface area contributed by atoms with E-state index in [0.29, 0.717) is 5.56 Å². The van der Waals surface area contributed by atoms with E-state index in [1.165, 1.54) is 25.1 Å². The van der Waals surface area contributed by atoms with Crippen molar-refractivity contribution < 1.29 is 22.7 Å². The normalized spacial score (nSPS) is 10.9. The van der Waals surface area contributed by atoms with Gasteiger partial charge in [0.15, 0.2) is 0 Å². The topological polar surface area (TPSA) is 116 Å². The van der Waals surface area contributed by atoms with Crippen LogP contribution in [0.5, 0.6) is 0 Å². The molecule has 1 aromatic rings. The minimum Gasteiger partial charge on any atom is -0.465 e. The second-order valence-electron chi connectivity index (χ2n) is 3.74. The van der Waals surface area contributed by atoms with Crippen LogP contribution >= 0.6 is 0 Å². The van der Waals surface area contributed by atoms with Crippen LogP contribution in [0.3, 0.4) is 0 Å². The number of nitrogens with two attached hydrogens (primary N) is 1. The molecule has 0 fully saturated rings. The summed E-state index contributed by atoms with van der Waals surface area (Å²) in [5.41, 5.74) is 0.148. The summed E-state index contributed by atoms with van der Waals surface area (Å²) < 4.78 is 27.4. The average molecular weight is 286 g/mol. The molecule has 0 aromatic heterocycles. The Labute approximate surface area is 110 Å². The molecule has 0 radical (unpaired) electrons. The number of hydrogen-bond donors (Lipinski definition) is 2. The zero-order valence-corrected chi connectivity index (χ0v) is 11.3. The van der Waals surface area contributed by atoms with Gasteiger partial charge in [0.05, 0.1) is 17.6 Å². The van der Waals surface area contributed by atoms with Crippen LogP contribution in [0.2, 0.25) is 0 Å². The molecular formula is C11H14N2O5S. The molecule has 0 unspecified atom stereocenters. The number of carbonyl (C=O) groups excluding carboxylic acids is 2. The molecule has 7 nitrogen and oxygen atoms in total. The molecule has 0 aliphatic heterocycles. The maximum absolute atomic E-state index is 11.7. The molecule has 8 heteroatoms. The minimum atomic E-state index is -4.06. The molecule has 3 N–H and O–H groups in total. The van der Waals surface area contributed by atoms with E-state index in [9.17, 15) is 18.0 Å². The van der Waals surface area contributed by atoms with Crippen molar-refractivity contribution in [2.75, 3.05) is 7.11 Å². The Morgan fingerprint density at radius 2 is 2.00 bits per heavy atom. The molecular weight excluding hydrogens is 272 g/mol. The highest BCUT2D eigenvalue weighted by atomic mass is 32.2. The molecule has 1 aromatic carbocycles. The lowest BCUT2D eigenvalue weighted by Gasteiger charge is -2.12. The van der Waals surface area contributed by atoms with Crippen molar-refractivity contribution in [3.8, 4) is 0 Å². The van der Waals surface area contributed by atoms with Gasteiger partial charge >= 0.3 is 5.97 Å². The first kappa shape index (κ1) is 15.1. The number of rotatable bonds is 4. The lowest BCUT2D eigenvalue weighted by molar-refractivity contribution is -0.119. The molecule has 104 valence electrons. The zero-order chi connectivity index (χ0) is 14.6. The summed E-state index contributed by atoms with van der Waals surface area (Å²) in [5, 5.41) is 7.53. The molecule has 0 spiro atoms. The van der Waals surface area contributed by atoms with Gasteiger partial charge in [-0.3, -0.25) is 4.79 Å². The molecule has 0 aliphatic rings. The average Bonchev–Trinajstić information content (AvgIpc) is 2.33. The number of hydrogen-bond acceptors (Lipinski definition) is 5. The number of amides is 1. The van der Waals surface area contributed by atoms with Crippen LogP contribution < -0.4 is 10.5 Å². The molecule has 0 saturated carbocycles. The maximum atomic E-state index is 11.7. The number of sulfonamides is 1. The quantitative estimate of drug-likeness (QED) is 0.741. The molecule has 0 bridgehead atoms. The van der Waals surface area contributed by atoms with Gasteiger partial charge in [0.2, 0.25) is 15.9 Å². The minimum absolute atomic E-state index is 0.00310. The number of methoxy groups -OCH3 is 1. The van der Waals surface area contributed by atoms with Crippen molar-refractivity contribution in [2.24, 2.45) is 5.14 Å². The van der Waals surface area contributed by atoms with Gasteiger partial charge in [-0.2, -0.15) is 0 Å². The van der Waals surface area contributed by atoms with Gasteiger partial charge < -0.3 is 10.1 Å². The second-order valence-corrected chi connectivity index (χ2v) is 5.27. The van der Waals surface area contributed by atoms with Crippen molar-refractivity contribution in [3.63, 3.8) is 0 Å². The van der Waals surface area contributed by atoms with E-state index in [0.717, 1.165) is 7.11 Å². The van der Waals surface area contributed by atoms with E-state index in [4.69, 9.17) is 5.14 Å². The van der Waals surface area contributed by atoms with E-state index >= 15 is 0 Å². The number of primary sulfonamides is 1. The highest BCUT2D eigenvalue weighted by molar-refractivity contribution is 7.89. The fraction of sp³-hybridized carbons (Fsp3) is 0.273. The fourth-order valence-electron chi connectivity index (χ4n) is 1.51. The predicted octanol–water partition coefficient (Wildman–Crippen LogP) is -0.243. The standard InChI is InChI=1S/C11H14N2O5S/c1-7(14)13-6-8-4-3-5-9(19(12,16)17)10(8)11(15)18-2/h3-5H,6H2,1-2H3,(H,13,14)(H2,12,16,17). The summed E-state index contributed by atoms with van der Waals surface area (Å²) in [4.78, 5) is 22.2. The summed E-state index contributed by atoms with van der Waals surface area (Å²) in [6, 6.07) is 4.15. The van der Waals surface area contributed by atoms with Crippen LogP contribution in [0.15, 0.2) is 23.1 Å². The van der Waals surface area contributed by atoms with Crippen LogP contribution in [0.25, 0.3) is 0 Å². The third-order valence-corrected chi connectivity index (χ3v) is 3.29. The van der Waals surface area contributed by atoms with Crippen molar-refractivity contribution in [1.29, 1.82) is 0 Å². The summed E-state index contributed by atoms with van der Waals surface area (Å²) in [7, 11) is -2.93. The molecule has 0 aliphatic carbocycles. The van der Waals surface area contributed by atoms with Crippen LogP contribution in [0.1, 0.15) is 22.8 Å². The monoisotopic (exact) mass is 286 g/mol. The summed E-state index contributed by atoms with van der Waals surface area (Å²) in [6.07, 6.45) is 0. The van der Waals surface area contributed by atoms with Crippen molar-refractivity contribution >= 4 is 21.9 Å². The van der Waals surface area contributed by atoms with Gasteiger partial charge in [0.1, 0.15) is 0 Å². The second kappa shape index (κ2) is 5.81. The molecule has 0 saturated heterocycles. The maximum Gasteiger partial charge on any atom is 0.339 e. The van der Waals surface area contributed by atoms with Gasteiger partial charge in [-0.25, -0.2) is 18.4 Å². The lowest BCUT2D eigenvalue weighted by atomic mass is 10.1. The first-order chi connectivity index (χ1) is 8.77. The number of esters is 1. The highest BCUT2D eigenvalue weighted by Crippen LogP contribution is 2.20. The van der Waals surface area contributed by atoms with Crippen molar-refractivity contribution in [3.05, 3.63) is 29.3 Å². The highest BCUT2D eigenvalue weighted by Gasteiger charge is 2.23. The van der Waals surface area contributed by atoms with E-state index in [-0.39, 0.29) is 22.9 Å². The fourth-order valence-corrected chi connectivity index (χ4v) is 2.28. The van der Waals surface area contributed by atoms with Gasteiger partial charge in [0, 0.05) is 13.5 Å². The van der Waals surface area contributed by atoms with Crippen molar-refractivity contribution in [1.82, 2.24) is 5.32 Å². The smallest absolute Gasteiger partial charge is 0.339 e. The third-order valence-electron chi connectivity index (χ3n) is 2.34. The zero-order valence-electron chi connectivity index (χ0n) is 10.5. The van der Waals surface area contributed by atoms with Crippen LogP contribution in [0, 0.1) is 0 Å². The van der Waals surface area contributed by atoms with E-state index in [1.54, 1.807) is 0 Å². The first-order valence-corrected chi connectivity index (χ1v) is 6.79. The molecule has 0 heterocycles. The Hall–Kier alpha value is -1.93. The van der Waals surface area contributed by atoms with Gasteiger partial charge in [0.25, 0.3) is 0 Å². The Kier molecular flexibility index (Phi) is 4.62. The number of carbonyl (C=O) groups is 2. The van der Waals surface area contributed by atoms with Gasteiger partial charge in [-0.05, 0) is 11.6 Å². The van der Waals surface area contributed by atoms with Crippen LogP contribution in [-0.2, 0) is 26.1 Å². The molecule has 1 amide bonds. The summed E-state index contributed by atoms with van der Waals surface area (Å²) >= 11 is 0. The Morgan fingerprint density at radius 3 is 2.47 bits per heavy atom. The van der Waals surface area contributed by atoms with Crippen molar-refractivity contribution in [2.45, 2.75) is 18.4 Å². The third kappa shape index (κ3) is 3.76. The van der Waals surface area contributed by atoms with Crippen LogP contribution in [-0.4, -0.2) is 27.4 Å². The number of benzene rings is 1. The number of nitrogens with one attached hydrogen (secondary N) is 1. The number of ether oxygens (including phenoxy) is 1. The Balaban J connectivity index is 3.39. The Bertz CT molecular complexity index is 610. The lowest BCUT2D eigenvalue weighted by Crippen LogP contribution is -2.23. The van der Waals surface area contributed by atoms with Gasteiger partial charge in [-0.15, -0.1) is 0 Å². The van der Waals surface area contributed by atoms with E-state index in [1.807, 2.05) is 0 Å². The van der Waals surface area contributed by atoms with Crippen LogP contribution in [0.4, 0.5) is 0 Å². The summed E-state index contributed by atoms with van der Waals surface area (Å²) in [6.45, 7) is 1.31. The largest absolute Gasteiger partial charge is 0.465 e. The SMILES string of the molecule is COC(=O)c1c(CNC(C)=O)cccc1S(N)(=O)=O. The summed E-state index contributed by atoms with van der Waals surface area (Å²) in [5.74, 6) is -1.14. The molecule has 1 rings (SSSR count). The Morgan fingerprint density at radius 1 is 1.37 bits per heavy atom.